The molecule has 0 radical (unpaired) electrons. The average molecular weight is 228 g/mol. The van der Waals surface area contributed by atoms with Crippen LogP contribution in [0.4, 0.5) is 0 Å². The van der Waals surface area contributed by atoms with Crippen molar-refractivity contribution in [3.8, 4) is 11.5 Å². The predicted octanol–water partition coefficient (Wildman–Crippen LogP) is 2.11. The van der Waals surface area contributed by atoms with Crippen molar-refractivity contribution in [1.82, 2.24) is 4.40 Å². The summed E-state index contributed by atoms with van der Waals surface area (Å²) in [7, 11) is 0. The lowest BCUT2D eigenvalue weighted by molar-refractivity contribution is 0.449. The topological polar surface area (TPSA) is 44.9 Å². The Hall–Kier alpha value is -1.16. The van der Waals surface area contributed by atoms with Crippen LogP contribution in [0.1, 0.15) is 0 Å². The van der Waals surface area contributed by atoms with Crippen LogP contribution >= 0.6 is 15.9 Å². The quantitative estimate of drug-likeness (QED) is 0.725. The number of hydrogen-bond donors (Lipinski definition) is 2. The molecule has 62 valence electrons. The molecule has 0 spiro atoms. The molecule has 0 saturated heterocycles. The fourth-order valence-electron chi connectivity index (χ4n) is 1.15. The van der Waals surface area contributed by atoms with Crippen LogP contribution in [-0.2, 0) is 0 Å². The molecular formula is C8H6BrNO2. The Balaban J connectivity index is 2.88. The van der Waals surface area contributed by atoms with Gasteiger partial charge in [0.2, 0.25) is 0 Å². The molecule has 4 heteroatoms. The zero-order chi connectivity index (χ0) is 8.72. The van der Waals surface area contributed by atoms with Gasteiger partial charge in [0.05, 0.1) is 11.7 Å². The van der Waals surface area contributed by atoms with Gasteiger partial charge in [0.25, 0.3) is 0 Å². The summed E-state index contributed by atoms with van der Waals surface area (Å²) in [6.45, 7) is 0. The Morgan fingerprint density at radius 1 is 1.17 bits per heavy atom. The highest BCUT2D eigenvalue weighted by Gasteiger charge is 2.03. The smallest absolute Gasteiger partial charge is 0.143 e. The Kier molecular flexibility index (Phi) is 1.51. The standard InChI is InChI=1S/C8H6BrNO2/c9-5-1-7-8(12)2-6(11)4-10(7)3-5/h1-4,11-12H. The molecule has 0 amide bonds. The lowest BCUT2D eigenvalue weighted by Gasteiger charge is -1.98. The minimum Gasteiger partial charge on any atom is -0.506 e. The van der Waals surface area contributed by atoms with Crippen LogP contribution in [0.5, 0.6) is 11.5 Å². The van der Waals surface area contributed by atoms with Crippen LogP contribution in [-0.4, -0.2) is 14.6 Å². The molecule has 2 aromatic rings. The van der Waals surface area contributed by atoms with Crippen molar-refractivity contribution in [1.29, 1.82) is 0 Å². The van der Waals surface area contributed by atoms with Crippen molar-refractivity contribution in [2.45, 2.75) is 0 Å². The van der Waals surface area contributed by atoms with E-state index in [4.69, 9.17) is 5.11 Å². The maximum atomic E-state index is 9.36. The molecule has 0 aliphatic carbocycles. The van der Waals surface area contributed by atoms with Gasteiger partial charge in [0, 0.05) is 16.7 Å². The molecule has 3 nitrogen and oxygen atoms in total. The average Bonchev–Trinajstić information content (AvgIpc) is 2.29. The molecule has 2 aromatic heterocycles. The van der Waals surface area contributed by atoms with E-state index in [1.54, 1.807) is 16.7 Å². The summed E-state index contributed by atoms with van der Waals surface area (Å²) < 4.78 is 2.51. The van der Waals surface area contributed by atoms with Crippen LogP contribution in [0, 0.1) is 0 Å². The molecule has 0 aliphatic rings. The first-order chi connectivity index (χ1) is 5.66. The second-order valence-electron chi connectivity index (χ2n) is 2.53. The van der Waals surface area contributed by atoms with Gasteiger partial charge < -0.3 is 14.6 Å². The maximum absolute atomic E-state index is 9.36. The van der Waals surface area contributed by atoms with E-state index in [9.17, 15) is 5.11 Å². The van der Waals surface area contributed by atoms with Crippen LogP contribution in [0.2, 0.25) is 0 Å². The van der Waals surface area contributed by atoms with Crippen molar-refractivity contribution < 1.29 is 10.2 Å². The minimum atomic E-state index is 0.0445. The molecule has 2 N–H and O–H groups in total. The fraction of sp³-hybridized carbons (Fsp3) is 0. The maximum Gasteiger partial charge on any atom is 0.143 e. The second-order valence-corrected chi connectivity index (χ2v) is 3.45. The number of rotatable bonds is 0. The number of aromatic nitrogens is 1. The van der Waals surface area contributed by atoms with Crippen molar-refractivity contribution in [3.05, 3.63) is 29.0 Å². The van der Waals surface area contributed by atoms with E-state index >= 15 is 0 Å². The molecule has 2 rings (SSSR count). The number of halogens is 1. The van der Waals surface area contributed by atoms with Crippen LogP contribution in [0.25, 0.3) is 5.52 Å². The van der Waals surface area contributed by atoms with E-state index in [0.717, 1.165) is 4.47 Å². The molecule has 0 atom stereocenters. The number of fused-ring (bicyclic) bond motifs is 1. The molecule has 0 unspecified atom stereocenters. The van der Waals surface area contributed by atoms with Gasteiger partial charge in [-0.3, -0.25) is 0 Å². The monoisotopic (exact) mass is 227 g/mol. The number of pyridine rings is 1. The molecule has 0 fully saturated rings. The second kappa shape index (κ2) is 2.42. The first-order valence-corrected chi connectivity index (χ1v) is 4.15. The Bertz CT molecular complexity index is 436. The highest BCUT2D eigenvalue weighted by Crippen LogP contribution is 2.27. The fourth-order valence-corrected chi connectivity index (χ4v) is 1.59. The summed E-state index contributed by atoms with van der Waals surface area (Å²) >= 11 is 3.27. The molecule has 12 heavy (non-hydrogen) atoms. The summed E-state index contributed by atoms with van der Waals surface area (Å²) in [6, 6.07) is 3.08. The van der Waals surface area contributed by atoms with E-state index in [2.05, 4.69) is 15.9 Å². The van der Waals surface area contributed by atoms with Crippen LogP contribution < -0.4 is 0 Å². The van der Waals surface area contributed by atoms with Crippen molar-refractivity contribution >= 4 is 21.4 Å². The normalized spacial score (nSPS) is 10.8. The van der Waals surface area contributed by atoms with Gasteiger partial charge in [0.15, 0.2) is 0 Å². The zero-order valence-electron chi connectivity index (χ0n) is 6.03. The van der Waals surface area contributed by atoms with Gasteiger partial charge in [-0.1, -0.05) is 0 Å². The lowest BCUT2D eigenvalue weighted by atomic mass is 10.3. The largest absolute Gasteiger partial charge is 0.506 e. The summed E-state index contributed by atoms with van der Waals surface area (Å²) in [4.78, 5) is 0. The summed E-state index contributed by atoms with van der Waals surface area (Å²) in [5, 5.41) is 18.5. The summed E-state index contributed by atoms with van der Waals surface area (Å²) in [5.41, 5.74) is 0.666. The number of aromatic hydroxyl groups is 2. The SMILES string of the molecule is Oc1cc(O)c2cc(Br)cn2c1. The van der Waals surface area contributed by atoms with Crippen molar-refractivity contribution in [2.75, 3.05) is 0 Å². The zero-order valence-corrected chi connectivity index (χ0v) is 7.62. The van der Waals surface area contributed by atoms with E-state index in [1.807, 2.05) is 0 Å². The Morgan fingerprint density at radius 2 is 1.92 bits per heavy atom. The van der Waals surface area contributed by atoms with E-state index in [0.29, 0.717) is 5.52 Å². The first kappa shape index (κ1) is 7.49. The third-order valence-corrected chi connectivity index (χ3v) is 2.07. The summed E-state index contributed by atoms with van der Waals surface area (Å²) in [5.74, 6) is 0.115. The Labute approximate surface area is 77.0 Å². The summed E-state index contributed by atoms with van der Waals surface area (Å²) in [6.07, 6.45) is 3.29. The van der Waals surface area contributed by atoms with Gasteiger partial charge >= 0.3 is 0 Å². The van der Waals surface area contributed by atoms with Crippen LogP contribution in [0.3, 0.4) is 0 Å². The number of hydrogen-bond acceptors (Lipinski definition) is 2. The molecule has 0 bridgehead atoms. The van der Waals surface area contributed by atoms with Crippen molar-refractivity contribution in [2.24, 2.45) is 0 Å². The molecule has 0 aromatic carbocycles. The predicted molar refractivity (Wildman–Crippen MR) is 48.4 cm³/mol. The highest BCUT2D eigenvalue weighted by atomic mass is 79.9. The van der Waals surface area contributed by atoms with Gasteiger partial charge in [0.1, 0.15) is 11.5 Å². The van der Waals surface area contributed by atoms with Gasteiger partial charge in [-0.05, 0) is 22.0 Å². The minimum absolute atomic E-state index is 0.0445. The van der Waals surface area contributed by atoms with Gasteiger partial charge in [-0.15, -0.1) is 0 Å². The van der Waals surface area contributed by atoms with E-state index in [-0.39, 0.29) is 11.5 Å². The molecule has 0 aliphatic heterocycles. The first-order valence-electron chi connectivity index (χ1n) is 3.36. The number of nitrogens with zero attached hydrogens (tertiary/aromatic N) is 1. The molecular weight excluding hydrogens is 222 g/mol. The van der Waals surface area contributed by atoms with Crippen molar-refractivity contribution in [3.63, 3.8) is 0 Å². The Morgan fingerprint density at radius 3 is 2.67 bits per heavy atom. The van der Waals surface area contributed by atoms with Gasteiger partial charge in [-0.2, -0.15) is 0 Å². The van der Waals surface area contributed by atoms with E-state index < -0.39 is 0 Å². The molecule has 2 heterocycles. The third-order valence-electron chi connectivity index (χ3n) is 1.63. The van der Waals surface area contributed by atoms with E-state index in [1.165, 1.54) is 12.3 Å². The molecule has 0 saturated carbocycles. The van der Waals surface area contributed by atoms with Crippen LogP contribution in [0.15, 0.2) is 29.0 Å². The van der Waals surface area contributed by atoms with Gasteiger partial charge in [-0.25, -0.2) is 0 Å². The lowest BCUT2D eigenvalue weighted by Crippen LogP contribution is -1.80. The third kappa shape index (κ3) is 1.04. The highest BCUT2D eigenvalue weighted by molar-refractivity contribution is 9.10.